The average molecular weight is 290 g/mol. The summed E-state index contributed by atoms with van der Waals surface area (Å²) in [6.45, 7) is 0.218. The highest BCUT2D eigenvalue weighted by Crippen LogP contribution is 2.49. The molecule has 0 N–H and O–H groups in total. The van der Waals surface area contributed by atoms with Crippen LogP contribution >= 0.6 is 0 Å². The SMILES string of the molecule is C[n+]1ccc2cc3c(c4c2c1C(=O)c1ccccc1-4)OCO3. The number of fused-ring (bicyclic) bond motifs is 4. The minimum absolute atomic E-state index is 0.0510. The number of hydrogen-bond donors (Lipinski definition) is 0. The molecule has 0 fully saturated rings. The van der Waals surface area contributed by atoms with Gasteiger partial charge in [0, 0.05) is 17.2 Å². The van der Waals surface area contributed by atoms with Crippen LogP contribution < -0.4 is 14.0 Å². The van der Waals surface area contributed by atoms with E-state index >= 15 is 0 Å². The first-order valence-corrected chi connectivity index (χ1v) is 7.15. The lowest BCUT2D eigenvalue weighted by molar-refractivity contribution is -0.671. The van der Waals surface area contributed by atoms with E-state index < -0.39 is 0 Å². The predicted octanol–water partition coefficient (Wildman–Crippen LogP) is 2.60. The Morgan fingerprint density at radius 1 is 1.09 bits per heavy atom. The van der Waals surface area contributed by atoms with Gasteiger partial charge in [-0.05, 0) is 17.0 Å². The Morgan fingerprint density at radius 2 is 1.91 bits per heavy atom. The monoisotopic (exact) mass is 290 g/mol. The summed E-state index contributed by atoms with van der Waals surface area (Å²) in [5, 5.41) is 1.94. The van der Waals surface area contributed by atoms with Gasteiger partial charge in [0.1, 0.15) is 7.05 Å². The van der Waals surface area contributed by atoms with Gasteiger partial charge in [-0.25, -0.2) is 0 Å². The van der Waals surface area contributed by atoms with Crippen molar-refractivity contribution >= 4 is 16.6 Å². The first kappa shape index (κ1) is 11.7. The highest BCUT2D eigenvalue weighted by molar-refractivity contribution is 6.25. The van der Waals surface area contributed by atoms with Gasteiger partial charge >= 0.3 is 0 Å². The third-order valence-electron chi connectivity index (χ3n) is 4.42. The average Bonchev–Trinajstić information content (AvgIpc) is 3.00. The van der Waals surface area contributed by atoms with E-state index in [4.69, 9.17) is 9.47 Å². The Morgan fingerprint density at radius 3 is 2.77 bits per heavy atom. The fourth-order valence-electron chi connectivity index (χ4n) is 3.45. The topological polar surface area (TPSA) is 39.4 Å². The fourth-order valence-corrected chi connectivity index (χ4v) is 3.45. The number of rotatable bonds is 0. The summed E-state index contributed by atoms with van der Waals surface area (Å²) in [6.07, 6.45) is 1.91. The molecule has 4 heteroatoms. The Bertz CT molecular complexity index is 991. The van der Waals surface area contributed by atoms with Gasteiger partial charge in [-0.3, -0.25) is 4.79 Å². The molecule has 1 aliphatic carbocycles. The van der Waals surface area contributed by atoms with Crippen molar-refractivity contribution in [2.24, 2.45) is 7.05 Å². The van der Waals surface area contributed by atoms with Crippen molar-refractivity contribution in [1.29, 1.82) is 0 Å². The number of pyridine rings is 1. The summed E-state index contributed by atoms with van der Waals surface area (Å²) >= 11 is 0. The molecule has 0 atom stereocenters. The predicted molar refractivity (Wildman–Crippen MR) is 80.1 cm³/mol. The highest BCUT2D eigenvalue weighted by atomic mass is 16.7. The van der Waals surface area contributed by atoms with Gasteiger partial charge in [-0.1, -0.05) is 24.3 Å². The van der Waals surface area contributed by atoms with E-state index in [0.29, 0.717) is 11.3 Å². The number of carbonyl (C=O) groups excluding carboxylic acids is 1. The molecule has 22 heavy (non-hydrogen) atoms. The number of aromatic nitrogens is 1. The van der Waals surface area contributed by atoms with Crippen LogP contribution in [0, 0.1) is 0 Å². The van der Waals surface area contributed by atoms with Crippen LogP contribution in [0.1, 0.15) is 16.1 Å². The normalized spacial score (nSPS) is 14.3. The standard InChI is InChI=1S/C18H12NO3/c1-19-7-6-10-8-13-18(22-9-21-13)15-11-4-2-3-5-12(11)17(20)16(19)14(10)15/h2-8H,9H2,1H3/q+1. The summed E-state index contributed by atoms with van der Waals surface area (Å²) in [5.74, 6) is 1.53. The van der Waals surface area contributed by atoms with Crippen LogP contribution in [0.15, 0.2) is 42.6 Å². The zero-order valence-electron chi connectivity index (χ0n) is 11.9. The maximum Gasteiger partial charge on any atom is 0.262 e. The molecule has 0 saturated heterocycles. The Balaban J connectivity index is 2.08. The molecule has 4 nitrogen and oxygen atoms in total. The van der Waals surface area contributed by atoms with Crippen molar-refractivity contribution in [2.45, 2.75) is 0 Å². The van der Waals surface area contributed by atoms with Crippen LogP contribution in [-0.4, -0.2) is 12.6 Å². The molecule has 0 radical (unpaired) electrons. The van der Waals surface area contributed by atoms with Gasteiger partial charge in [0.25, 0.3) is 11.5 Å². The molecule has 5 rings (SSSR count). The molecular formula is C18H12NO3+. The largest absolute Gasteiger partial charge is 0.454 e. The molecule has 0 amide bonds. The van der Waals surface area contributed by atoms with Gasteiger partial charge in [0.2, 0.25) is 6.79 Å². The second-order valence-corrected chi connectivity index (χ2v) is 5.60. The number of ketones is 1. The minimum atomic E-state index is 0.0510. The Hall–Kier alpha value is -2.88. The number of carbonyl (C=O) groups is 1. The van der Waals surface area contributed by atoms with Crippen LogP contribution in [0.25, 0.3) is 21.9 Å². The Kier molecular flexibility index (Phi) is 2.06. The second kappa shape index (κ2) is 3.85. The smallest absolute Gasteiger partial charge is 0.262 e. The van der Waals surface area contributed by atoms with E-state index in [1.54, 1.807) is 0 Å². The second-order valence-electron chi connectivity index (χ2n) is 5.60. The zero-order valence-corrected chi connectivity index (χ0v) is 11.9. The highest BCUT2D eigenvalue weighted by Gasteiger charge is 2.36. The maximum absolute atomic E-state index is 12.9. The number of hydrogen-bond acceptors (Lipinski definition) is 3. The number of benzene rings is 2. The third kappa shape index (κ3) is 1.27. The van der Waals surface area contributed by atoms with E-state index in [2.05, 4.69) is 0 Å². The summed E-state index contributed by atoms with van der Waals surface area (Å²) in [7, 11) is 1.90. The van der Waals surface area contributed by atoms with E-state index in [1.807, 2.05) is 54.2 Å². The lowest BCUT2D eigenvalue weighted by Crippen LogP contribution is -2.37. The summed E-state index contributed by atoms with van der Waals surface area (Å²) in [5.41, 5.74) is 3.29. The van der Waals surface area contributed by atoms with Crippen LogP contribution in [0.3, 0.4) is 0 Å². The molecule has 0 spiro atoms. The molecule has 2 aromatic carbocycles. The molecule has 2 aliphatic rings. The molecule has 106 valence electrons. The molecule has 3 aromatic rings. The molecule has 1 aromatic heterocycles. The van der Waals surface area contributed by atoms with Crippen LogP contribution in [0.2, 0.25) is 0 Å². The third-order valence-corrected chi connectivity index (χ3v) is 4.42. The maximum atomic E-state index is 12.9. The number of ether oxygens (including phenoxy) is 2. The van der Waals surface area contributed by atoms with Crippen molar-refractivity contribution in [2.75, 3.05) is 6.79 Å². The molecule has 0 saturated carbocycles. The minimum Gasteiger partial charge on any atom is -0.454 e. The van der Waals surface area contributed by atoms with Crippen molar-refractivity contribution in [3.63, 3.8) is 0 Å². The van der Waals surface area contributed by atoms with Gasteiger partial charge in [-0.15, -0.1) is 0 Å². The number of nitrogens with zero attached hydrogens (tertiary/aromatic N) is 1. The van der Waals surface area contributed by atoms with Gasteiger partial charge in [-0.2, -0.15) is 4.57 Å². The molecule has 0 unspecified atom stereocenters. The molecule has 1 aliphatic heterocycles. The Labute approximate surface area is 126 Å². The van der Waals surface area contributed by atoms with Gasteiger partial charge < -0.3 is 9.47 Å². The molecule has 0 bridgehead atoms. The molecule has 2 heterocycles. The van der Waals surface area contributed by atoms with Crippen LogP contribution in [0.5, 0.6) is 11.5 Å². The quantitative estimate of drug-likeness (QED) is 0.467. The van der Waals surface area contributed by atoms with Crippen molar-refractivity contribution in [1.82, 2.24) is 0 Å². The zero-order chi connectivity index (χ0) is 14.8. The first-order valence-electron chi connectivity index (χ1n) is 7.15. The van der Waals surface area contributed by atoms with Crippen LogP contribution in [-0.2, 0) is 7.05 Å². The van der Waals surface area contributed by atoms with E-state index in [1.165, 1.54) is 0 Å². The van der Waals surface area contributed by atoms with Crippen molar-refractivity contribution in [3.05, 3.63) is 53.9 Å². The van der Waals surface area contributed by atoms with Crippen molar-refractivity contribution in [3.8, 4) is 22.6 Å². The molecular weight excluding hydrogens is 278 g/mol. The number of aryl methyl sites for hydroxylation is 1. The van der Waals surface area contributed by atoms with Crippen molar-refractivity contribution < 1.29 is 18.8 Å². The van der Waals surface area contributed by atoms with Gasteiger partial charge in [0.05, 0.1) is 5.39 Å². The van der Waals surface area contributed by atoms with E-state index in [-0.39, 0.29) is 12.6 Å². The van der Waals surface area contributed by atoms with Gasteiger partial charge in [0.15, 0.2) is 17.7 Å². The van der Waals surface area contributed by atoms with E-state index in [0.717, 1.165) is 33.4 Å². The van der Waals surface area contributed by atoms with Crippen LogP contribution in [0.4, 0.5) is 0 Å². The first-order chi connectivity index (χ1) is 10.8. The summed E-state index contributed by atoms with van der Waals surface area (Å²) < 4.78 is 13.2. The lowest BCUT2D eigenvalue weighted by atomic mass is 9.84. The fraction of sp³-hybridized carbons (Fsp3) is 0.111. The summed E-state index contributed by atoms with van der Waals surface area (Å²) in [6, 6.07) is 11.6. The lowest BCUT2D eigenvalue weighted by Gasteiger charge is -2.19. The summed E-state index contributed by atoms with van der Waals surface area (Å²) in [4.78, 5) is 12.9. The van der Waals surface area contributed by atoms with E-state index in [9.17, 15) is 4.79 Å².